The maximum atomic E-state index is 12.3. The minimum absolute atomic E-state index is 0.100. The number of carbonyl (C=O) groups is 2. The first kappa shape index (κ1) is 15.3. The highest BCUT2D eigenvalue weighted by molar-refractivity contribution is 5.93. The molecule has 2 amide bonds. The van der Waals surface area contributed by atoms with Gasteiger partial charge in [0.2, 0.25) is 11.8 Å². The molecule has 1 saturated carbocycles. The topological polar surface area (TPSA) is 58.2 Å². The number of hydrogen-bond donors (Lipinski definition) is 2. The lowest BCUT2D eigenvalue weighted by Gasteiger charge is -2.18. The van der Waals surface area contributed by atoms with Crippen molar-refractivity contribution in [2.75, 3.05) is 0 Å². The van der Waals surface area contributed by atoms with Crippen molar-refractivity contribution in [3.63, 3.8) is 0 Å². The Bertz CT molecular complexity index is 529. The number of carbonyl (C=O) groups excluding carboxylic acids is 2. The summed E-state index contributed by atoms with van der Waals surface area (Å²) >= 11 is 0. The van der Waals surface area contributed by atoms with Crippen LogP contribution >= 0.6 is 0 Å². The quantitative estimate of drug-likeness (QED) is 0.785. The minimum atomic E-state index is -0.531. The average Bonchev–Trinajstić information content (AvgIpc) is 3.22. The molecule has 0 bridgehead atoms. The normalized spacial score (nSPS) is 15.0. The van der Waals surface area contributed by atoms with Crippen LogP contribution < -0.4 is 10.6 Å². The Morgan fingerprint density at radius 1 is 1.24 bits per heavy atom. The highest BCUT2D eigenvalue weighted by atomic mass is 16.2. The lowest BCUT2D eigenvalue weighted by Crippen LogP contribution is -2.48. The minimum Gasteiger partial charge on any atom is -0.352 e. The number of nitrogens with one attached hydrogen (secondary N) is 2. The second-order valence-corrected chi connectivity index (χ2v) is 5.76. The van der Waals surface area contributed by atoms with Crippen LogP contribution in [-0.4, -0.2) is 23.9 Å². The molecule has 112 valence electrons. The molecule has 1 aromatic rings. The van der Waals surface area contributed by atoms with Crippen LogP contribution in [0.4, 0.5) is 0 Å². The van der Waals surface area contributed by atoms with Crippen LogP contribution in [0.15, 0.2) is 42.0 Å². The van der Waals surface area contributed by atoms with Crippen LogP contribution in [0.3, 0.4) is 0 Å². The van der Waals surface area contributed by atoms with Crippen molar-refractivity contribution in [1.82, 2.24) is 10.6 Å². The van der Waals surface area contributed by atoms with Gasteiger partial charge in [-0.25, -0.2) is 0 Å². The van der Waals surface area contributed by atoms with Gasteiger partial charge in [-0.15, -0.1) is 0 Å². The Kier molecular flexibility index (Phi) is 5.14. The maximum Gasteiger partial charge on any atom is 0.244 e. The van der Waals surface area contributed by atoms with Gasteiger partial charge in [-0.2, -0.15) is 0 Å². The Balaban J connectivity index is 2.03. The molecular weight excluding hydrogens is 264 g/mol. The summed E-state index contributed by atoms with van der Waals surface area (Å²) in [6.45, 7) is 3.71. The third-order valence-electron chi connectivity index (χ3n) is 3.26. The molecule has 1 fully saturated rings. The van der Waals surface area contributed by atoms with E-state index in [1.165, 1.54) is 6.08 Å². The first-order chi connectivity index (χ1) is 10.0. The molecule has 2 N–H and O–H groups in total. The van der Waals surface area contributed by atoms with E-state index in [1.807, 2.05) is 44.2 Å². The predicted molar refractivity (Wildman–Crippen MR) is 82.7 cm³/mol. The van der Waals surface area contributed by atoms with Gasteiger partial charge < -0.3 is 10.6 Å². The molecule has 0 spiro atoms. The van der Waals surface area contributed by atoms with Gasteiger partial charge in [-0.1, -0.05) is 35.9 Å². The summed E-state index contributed by atoms with van der Waals surface area (Å²) in [5.74, 6) is -0.321. The number of hydrogen-bond acceptors (Lipinski definition) is 2. The monoisotopic (exact) mass is 286 g/mol. The van der Waals surface area contributed by atoms with Crippen LogP contribution in [0, 0.1) is 0 Å². The van der Waals surface area contributed by atoms with Crippen LogP contribution in [0.5, 0.6) is 0 Å². The molecule has 1 atom stereocenters. The summed E-state index contributed by atoms with van der Waals surface area (Å²) in [5.41, 5.74) is 1.94. The highest BCUT2D eigenvalue weighted by Gasteiger charge is 2.28. The maximum absolute atomic E-state index is 12.3. The SMILES string of the molecule is CC(C)=CC(=O)NC(Cc1ccccc1)C(=O)NC1CC1. The summed E-state index contributed by atoms with van der Waals surface area (Å²) in [7, 11) is 0. The number of allylic oxidation sites excluding steroid dienone is 1. The van der Waals surface area contributed by atoms with Gasteiger partial charge in [-0.3, -0.25) is 9.59 Å². The molecule has 0 saturated heterocycles. The summed E-state index contributed by atoms with van der Waals surface area (Å²) in [6.07, 6.45) is 4.08. The fourth-order valence-corrected chi connectivity index (χ4v) is 2.06. The Morgan fingerprint density at radius 3 is 2.48 bits per heavy atom. The second-order valence-electron chi connectivity index (χ2n) is 5.76. The van der Waals surface area contributed by atoms with Crippen LogP contribution in [0.25, 0.3) is 0 Å². The van der Waals surface area contributed by atoms with E-state index < -0.39 is 6.04 Å². The largest absolute Gasteiger partial charge is 0.352 e. The Hall–Kier alpha value is -2.10. The zero-order valence-electron chi connectivity index (χ0n) is 12.6. The zero-order valence-corrected chi connectivity index (χ0v) is 12.6. The van der Waals surface area contributed by atoms with Gasteiger partial charge in [0.05, 0.1) is 0 Å². The molecule has 21 heavy (non-hydrogen) atoms. The fourth-order valence-electron chi connectivity index (χ4n) is 2.06. The summed E-state index contributed by atoms with van der Waals surface area (Å²) in [5, 5.41) is 5.76. The van der Waals surface area contributed by atoms with E-state index in [4.69, 9.17) is 0 Å². The molecule has 0 radical (unpaired) electrons. The summed E-state index contributed by atoms with van der Waals surface area (Å²) in [4.78, 5) is 24.2. The fraction of sp³-hybridized carbons (Fsp3) is 0.412. The molecule has 1 unspecified atom stereocenters. The lowest BCUT2D eigenvalue weighted by molar-refractivity contribution is -0.127. The number of amides is 2. The van der Waals surface area contributed by atoms with Crippen molar-refractivity contribution >= 4 is 11.8 Å². The number of rotatable bonds is 6. The van der Waals surface area contributed by atoms with Gasteiger partial charge in [0.15, 0.2) is 0 Å². The summed E-state index contributed by atoms with van der Waals surface area (Å²) < 4.78 is 0. The van der Waals surface area contributed by atoms with Crippen molar-refractivity contribution in [2.45, 2.75) is 45.2 Å². The Labute approximate surface area is 125 Å². The molecule has 4 heteroatoms. The molecule has 1 aliphatic carbocycles. The molecule has 2 rings (SSSR count). The van der Waals surface area contributed by atoms with Crippen molar-refractivity contribution in [3.05, 3.63) is 47.5 Å². The molecule has 0 aromatic heterocycles. The lowest BCUT2D eigenvalue weighted by atomic mass is 10.0. The third kappa shape index (κ3) is 5.42. The molecule has 1 aromatic carbocycles. The molecule has 0 heterocycles. The average molecular weight is 286 g/mol. The van der Waals surface area contributed by atoms with Gasteiger partial charge in [-0.05, 0) is 32.3 Å². The van der Waals surface area contributed by atoms with Crippen molar-refractivity contribution < 1.29 is 9.59 Å². The first-order valence-electron chi connectivity index (χ1n) is 7.34. The van der Waals surface area contributed by atoms with Gasteiger partial charge in [0.25, 0.3) is 0 Å². The zero-order chi connectivity index (χ0) is 15.2. The van der Waals surface area contributed by atoms with Crippen molar-refractivity contribution in [1.29, 1.82) is 0 Å². The smallest absolute Gasteiger partial charge is 0.244 e. The van der Waals surface area contributed by atoms with Crippen LogP contribution in [0.2, 0.25) is 0 Å². The standard InChI is InChI=1S/C17H22N2O2/c1-12(2)10-16(20)19-15(17(21)18-14-8-9-14)11-13-6-4-3-5-7-13/h3-7,10,14-15H,8-9,11H2,1-2H3,(H,18,21)(H,19,20). The van der Waals surface area contributed by atoms with E-state index in [0.717, 1.165) is 24.0 Å². The van der Waals surface area contributed by atoms with E-state index in [1.54, 1.807) is 0 Å². The van der Waals surface area contributed by atoms with Gasteiger partial charge >= 0.3 is 0 Å². The Morgan fingerprint density at radius 2 is 1.90 bits per heavy atom. The third-order valence-corrected chi connectivity index (χ3v) is 3.26. The van der Waals surface area contributed by atoms with E-state index in [9.17, 15) is 9.59 Å². The van der Waals surface area contributed by atoms with Crippen LogP contribution in [0.1, 0.15) is 32.3 Å². The van der Waals surface area contributed by atoms with Gasteiger partial charge in [0.1, 0.15) is 6.04 Å². The van der Waals surface area contributed by atoms with E-state index in [0.29, 0.717) is 6.42 Å². The number of benzene rings is 1. The van der Waals surface area contributed by atoms with Gasteiger partial charge in [0, 0.05) is 18.5 Å². The van der Waals surface area contributed by atoms with E-state index in [-0.39, 0.29) is 17.9 Å². The molecule has 1 aliphatic rings. The molecular formula is C17H22N2O2. The van der Waals surface area contributed by atoms with E-state index >= 15 is 0 Å². The van der Waals surface area contributed by atoms with Crippen molar-refractivity contribution in [3.8, 4) is 0 Å². The highest BCUT2D eigenvalue weighted by Crippen LogP contribution is 2.19. The first-order valence-corrected chi connectivity index (χ1v) is 7.34. The predicted octanol–water partition coefficient (Wildman–Crippen LogP) is 1.96. The second kappa shape index (κ2) is 7.07. The molecule has 0 aliphatic heterocycles. The van der Waals surface area contributed by atoms with Crippen LogP contribution in [-0.2, 0) is 16.0 Å². The summed E-state index contributed by atoms with van der Waals surface area (Å²) in [6, 6.07) is 9.48. The molecule has 4 nitrogen and oxygen atoms in total. The van der Waals surface area contributed by atoms with E-state index in [2.05, 4.69) is 10.6 Å². The van der Waals surface area contributed by atoms with Crippen molar-refractivity contribution in [2.24, 2.45) is 0 Å².